The molecule has 0 saturated heterocycles. The van der Waals surface area contributed by atoms with Crippen LogP contribution in [0.15, 0.2) is 6.07 Å². The Morgan fingerprint density at radius 3 is 2.94 bits per heavy atom. The van der Waals surface area contributed by atoms with Crippen LogP contribution in [0.4, 0.5) is 0 Å². The van der Waals surface area contributed by atoms with Crippen molar-refractivity contribution in [1.82, 2.24) is 15.1 Å². The first kappa shape index (κ1) is 12.1. The third-order valence-corrected chi connectivity index (χ3v) is 3.30. The van der Waals surface area contributed by atoms with Gasteiger partial charge in [-0.25, -0.2) is 0 Å². The lowest BCUT2D eigenvalue weighted by molar-refractivity contribution is 0.0935. The molecule has 0 radical (unpaired) electrons. The van der Waals surface area contributed by atoms with Crippen molar-refractivity contribution in [2.24, 2.45) is 13.0 Å². The Morgan fingerprint density at radius 1 is 1.65 bits per heavy atom. The summed E-state index contributed by atoms with van der Waals surface area (Å²) in [5.74, 6) is 0.317. The molecule has 0 spiro atoms. The normalized spacial score (nSPS) is 23.9. The van der Waals surface area contributed by atoms with Gasteiger partial charge in [0.1, 0.15) is 5.69 Å². The predicted molar refractivity (Wildman–Crippen MR) is 63.6 cm³/mol. The lowest BCUT2D eigenvalue weighted by Gasteiger charge is -2.10. The Kier molecular flexibility index (Phi) is 3.47. The molecule has 1 aliphatic rings. The molecule has 0 aromatic carbocycles. The average molecular weight is 237 g/mol. The number of aryl methyl sites for hydroxylation is 2. The van der Waals surface area contributed by atoms with Gasteiger partial charge >= 0.3 is 0 Å². The summed E-state index contributed by atoms with van der Waals surface area (Å²) in [7, 11) is 1.77. The first-order valence-electron chi connectivity index (χ1n) is 6.03. The molecule has 1 aromatic rings. The van der Waals surface area contributed by atoms with Crippen LogP contribution in [-0.2, 0) is 7.05 Å². The minimum Gasteiger partial charge on any atom is -0.393 e. The lowest BCUT2D eigenvalue weighted by Crippen LogP contribution is -2.30. The minimum absolute atomic E-state index is 0.0884. The minimum atomic E-state index is -0.184. The lowest BCUT2D eigenvalue weighted by atomic mass is 10.1. The summed E-state index contributed by atoms with van der Waals surface area (Å²) >= 11 is 0. The quantitative estimate of drug-likeness (QED) is 0.810. The van der Waals surface area contributed by atoms with E-state index in [4.69, 9.17) is 0 Å². The van der Waals surface area contributed by atoms with Gasteiger partial charge in [0.2, 0.25) is 0 Å². The Labute approximate surface area is 101 Å². The molecule has 5 heteroatoms. The van der Waals surface area contributed by atoms with Gasteiger partial charge in [-0.15, -0.1) is 0 Å². The van der Waals surface area contributed by atoms with Crippen LogP contribution in [0.5, 0.6) is 0 Å². The molecule has 2 rings (SSSR count). The molecule has 5 nitrogen and oxygen atoms in total. The zero-order chi connectivity index (χ0) is 12.4. The summed E-state index contributed by atoms with van der Waals surface area (Å²) in [5.41, 5.74) is 1.43. The molecule has 1 aromatic heterocycles. The molecule has 17 heavy (non-hydrogen) atoms. The van der Waals surface area contributed by atoms with E-state index >= 15 is 0 Å². The topological polar surface area (TPSA) is 67.2 Å². The number of amides is 1. The molecule has 1 amide bonds. The predicted octanol–water partition coefficient (Wildman–Crippen LogP) is 0.619. The number of hydrogen-bond donors (Lipinski definition) is 2. The van der Waals surface area contributed by atoms with E-state index in [0.717, 1.165) is 25.0 Å². The first-order chi connectivity index (χ1) is 8.06. The highest BCUT2D eigenvalue weighted by Gasteiger charge is 2.23. The largest absolute Gasteiger partial charge is 0.393 e. The highest BCUT2D eigenvalue weighted by atomic mass is 16.3. The maximum atomic E-state index is 11.9. The van der Waals surface area contributed by atoms with Crippen molar-refractivity contribution in [3.8, 4) is 0 Å². The zero-order valence-corrected chi connectivity index (χ0v) is 10.3. The van der Waals surface area contributed by atoms with Gasteiger partial charge in [-0.05, 0) is 38.2 Å². The highest BCUT2D eigenvalue weighted by molar-refractivity contribution is 5.92. The monoisotopic (exact) mass is 237 g/mol. The second-order valence-corrected chi connectivity index (χ2v) is 4.84. The maximum Gasteiger partial charge on any atom is 0.269 e. The number of hydrogen-bond acceptors (Lipinski definition) is 3. The molecule has 1 heterocycles. The molecule has 1 aliphatic carbocycles. The summed E-state index contributed by atoms with van der Waals surface area (Å²) in [6, 6.07) is 1.78. The molecule has 1 saturated carbocycles. The molecular formula is C12H19N3O2. The van der Waals surface area contributed by atoms with E-state index in [1.54, 1.807) is 17.8 Å². The number of nitrogens with zero attached hydrogens (tertiary/aromatic N) is 2. The Bertz CT molecular complexity index is 414. The van der Waals surface area contributed by atoms with Crippen LogP contribution in [0, 0.1) is 12.8 Å². The van der Waals surface area contributed by atoms with Crippen molar-refractivity contribution in [3.63, 3.8) is 0 Å². The molecule has 2 atom stereocenters. The molecule has 0 bridgehead atoms. The maximum absolute atomic E-state index is 11.9. The van der Waals surface area contributed by atoms with E-state index in [1.807, 2.05) is 6.92 Å². The van der Waals surface area contributed by atoms with Gasteiger partial charge in [0, 0.05) is 13.6 Å². The summed E-state index contributed by atoms with van der Waals surface area (Å²) < 4.78 is 1.59. The number of aromatic nitrogens is 2. The van der Waals surface area contributed by atoms with Crippen molar-refractivity contribution in [3.05, 3.63) is 17.5 Å². The fourth-order valence-electron chi connectivity index (χ4n) is 2.38. The van der Waals surface area contributed by atoms with Gasteiger partial charge in [-0.3, -0.25) is 9.48 Å². The molecule has 94 valence electrons. The standard InChI is InChI=1S/C12H19N3O2/c1-8-5-11(15(2)14-8)12(17)13-7-9-3-4-10(16)6-9/h5,9-10,16H,3-4,6-7H2,1-2H3,(H,13,17). The zero-order valence-electron chi connectivity index (χ0n) is 10.3. The molecule has 2 unspecified atom stereocenters. The fraction of sp³-hybridized carbons (Fsp3) is 0.667. The van der Waals surface area contributed by atoms with Crippen LogP contribution in [-0.4, -0.2) is 33.4 Å². The van der Waals surface area contributed by atoms with Crippen LogP contribution in [0.3, 0.4) is 0 Å². The van der Waals surface area contributed by atoms with E-state index in [9.17, 15) is 9.90 Å². The van der Waals surface area contributed by atoms with Gasteiger partial charge in [0.15, 0.2) is 0 Å². The van der Waals surface area contributed by atoms with Crippen molar-refractivity contribution < 1.29 is 9.90 Å². The highest BCUT2D eigenvalue weighted by Crippen LogP contribution is 2.24. The van der Waals surface area contributed by atoms with Gasteiger partial charge in [0.05, 0.1) is 11.8 Å². The van der Waals surface area contributed by atoms with Crippen LogP contribution in [0.1, 0.15) is 35.4 Å². The van der Waals surface area contributed by atoms with Crippen LogP contribution in [0.2, 0.25) is 0 Å². The molecule has 0 aliphatic heterocycles. The first-order valence-corrected chi connectivity index (χ1v) is 6.03. The van der Waals surface area contributed by atoms with Gasteiger partial charge in [0.25, 0.3) is 5.91 Å². The van der Waals surface area contributed by atoms with E-state index < -0.39 is 0 Å². The van der Waals surface area contributed by atoms with Gasteiger partial charge in [-0.1, -0.05) is 0 Å². The van der Waals surface area contributed by atoms with E-state index in [1.165, 1.54) is 0 Å². The summed E-state index contributed by atoms with van der Waals surface area (Å²) in [6.07, 6.45) is 2.46. The van der Waals surface area contributed by atoms with Crippen LogP contribution in [0.25, 0.3) is 0 Å². The SMILES string of the molecule is Cc1cc(C(=O)NCC2CCC(O)C2)n(C)n1. The third kappa shape index (κ3) is 2.85. The van der Waals surface area contributed by atoms with Crippen molar-refractivity contribution in [2.45, 2.75) is 32.3 Å². The number of aliphatic hydroxyl groups is 1. The van der Waals surface area contributed by atoms with Gasteiger partial charge < -0.3 is 10.4 Å². The molecule has 2 N–H and O–H groups in total. The number of nitrogens with one attached hydrogen (secondary N) is 1. The smallest absolute Gasteiger partial charge is 0.269 e. The fourth-order valence-corrected chi connectivity index (χ4v) is 2.38. The Balaban J connectivity index is 1.87. The van der Waals surface area contributed by atoms with E-state index in [0.29, 0.717) is 18.2 Å². The number of carbonyl (C=O) groups is 1. The summed E-state index contributed by atoms with van der Waals surface area (Å²) in [4.78, 5) is 11.9. The number of rotatable bonds is 3. The van der Waals surface area contributed by atoms with E-state index in [-0.39, 0.29) is 12.0 Å². The van der Waals surface area contributed by atoms with E-state index in [2.05, 4.69) is 10.4 Å². The molecular weight excluding hydrogens is 218 g/mol. The van der Waals surface area contributed by atoms with Crippen LogP contribution < -0.4 is 5.32 Å². The summed E-state index contributed by atoms with van der Waals surface area (Å²) in [6.45, 7) is 2.50. The average Bonchev–Trinajstić information content (AvgIpc) is 2.81. The second-order valence-electron chi connectivity index (χ2n) is 4.84. The van der Waals surface area contributed by atoms with Crippen molar-refractivity contribution >= 4 is 5.91 Å². The molecule has 1 fully saturated rings. The number of aliphatic hydroxyl groups excluding tert-OH is 1. The van der Waals surface area contributed by atoms with Crippen molar-refractivity contribution in [1.29, 1.82) is 0 Å². The summed E-state index contributed by atoms with van der Waals surface area (Å²) in [5, 5.41) is 16.4. The third-order valence-electron chi connectivity index (χ3n) is 3.30. The Morgan fingerprint density at radius 2 is 2.41 bits per heavy atom. The van der Waals surface area contributed by atoms with Crippen LogP contribution >= 0.6 is 0 Å². The van der Waals surface area contributed by atoms with Gasteiger partial charge in [-0.2, -0.15) is 5.10 Å². The Hall–Kier alpha value is -1.36. The van der Waals surface area contributed by atoms with Crippen molar-refractivity contribution in [2.75, 3.05) is 6.54 Å². The second kappa shape index (κ2) is 4.87. The number of carbonyl (C=O) groups excluding carboxylic acids is 1.